The Hall–Kier alpha value is -0.620. The number of thioether (sulfide) groups is 1. The van der Waals surface area contributed by atoms with Gasteiger partial charge in [0.05, 0.1) is 6.04 Å². The van der Waals surface area contributed by atoms with Crippen molar-refractivity contribution < 1.29 is 0 Å². The second-order valence-electron chi connectivity index (χ2n) is 6.10. The Morgan fingerprint density at radius 2 is 2.10 bits per heavy atom. The van der Waals surface area contributed by atoms with Crippen molar-refractivity contribution >= 4 is 11.8 Å². The maximum Gasteiger partial charge on any atom is 0.209 e. The first-order valence-electron chi connectivity index (χ1n) is 8.40. The summed E-state index contributed by atoms with van der Waals surface area (Å²) in [4.78, 5) is 0. The number of hydrogen-bond acceptors (Lipinski definition) is 5. The van der Waals surface area contributed by atoms with Gasteiger partial charge in [0.15, 0.2) is 0 Å². The van der Waals surface area contributed by atoms with E-state index in [0.29, 0.717) is 18.0 Å². The van der Waals surface area contributed by atoms with E-state index in [1.165, 1.54) is 38.5 Å². The van der Waals surface area contributed by atoms with Gasteiger partial charge < -0.3 is 5.32 Å². The van der Waals surface area contributed by atoms with Crippen LogP contribution in [-0.2, 0) is 0 Å². The average molecular weight is 311 g/mol. The Labute approximate surface area is 132 Å². The molecule has 0 radical (unpaired) electrons. The molecule has 6 heteroatoms. The van der Waals surface area contributed by atoms with Gasteiger partial charge >= 0.3 is 0 Å². The van der Waals surface area contributed by atoms with Crippen LogP contribution in [0.25, 0.3) is 0 Å². The topological polar surface area (TPSA) is 55.6 Å². The van der Waals surface area contributed by atoms with Crippen LogP contribution in [0.3, 0.4) is 0 Å². The van der Waals surface area contributed by atoms with Crippen molar-refractivity contribution in [3.05, 3.63) is 0 Å². The van der Waals surface area contributed by atoms with Crippen molar-refractivity contribution in [2.24, 2.45) is 5.92 Å². The minimum atomic E-state index is 0.521. The van der Waals surface area contributed by atoms with E-state index < -0.39 is 0 Å². The molecule has 1 aliphatic rings. The molecule has 2 atom stereocenters. The fourth-order valence-corrected chi connectivity index (χ4v) is 4.05. The highest BCUT2D eigenvalue weighted by Gasteiger charge is 2.23. The quantitative estimate of drug-likeness (QED) is 0.709. The fourth-order valence-electron chi connectivity index (χ4n) is 2.86. The van der Waals surface area contributed by atoms with E-state index in [2.05, 4.69) is 46.3 Å². The maximum absolute atomic E-state index is 4.24. The molecule has 1 aromatic rings. The van der Waals surface area contributed by atoms with E-state index in [1.54, 1.807) is 0 Å². The standard InChI is InChI=1S/C15H29N5S/c1-4-10-16-14(12(3)5-2)11-21-15-17-18-19-20(15)13-8-6-7-9-13/h12-14,16H,4-11H2,1-3H3. The lowest BCUT2D eigenvalue weighted by Gasteiger charge is -2.24. The van der Waals surface area contributed by atoms with Crippen LogP contribution in [0.1, 0.15) is 65.3 Å². The summed E-state index contributed by atoms with van der Waals surface area (Å²) in [5.41, 5.74) is 0. The number of aromatic nitrogens is 4. The first-order valence-corrected chi connectivity index (χ1v) is 9.38. The zero-order valence-corrected chi connectivity index (χ0v) is 14.4. The average Bonchev–Trinajstić information content (AvgIpc) is 3.17. The molecule has 1 fully saturated rings. The van der Waals surface area contributed by atoms with Crippen LogP contribution in [0.15, 0.2) is 5.16 Å². The van der Waals surface area contributed by atoms with Crippen molar-refractivity contribution in [3.8, 4) is 0 Å². The van der Waals surface area contributed by atoms with E-state index >= 15 is 0 Å². The zero-order valence-electron chi connectivity index (χ0n) is 13.6. The predicted octanol–water partition coefficient (Wildman–Crippen LogP) is 3.29. The van der Waals surface area contributed by atoms with Gasteiger partial charge in [-0.05, 0) is 42.2 Å². The van der Waals surface area contributed by atoms with Crippen molar-refractivity contribution in [2.75, 3.05) is 12.3 Å². The van der Waals surface area contributed by atoms with Gasteiger partial charge in [-0.1, -0.05) is 51.8 Å². The van der Waals surface area contributed by atoms with Crippen molar-refractivity contribution in [3.63, 3.8) is 0 Å². The van der Waals surface area contributed by atoms with Gasteiger partial charge in [0.25, 0.3) is 0 Å². The molecule has 21 heavy (non-hydrogen) atoms. The minimum absolute atomic E-state index is 0.521. The third-order valence-electron chi connectivity index (χ3n) is 4.51. The van der Waals surface area contributed by atoms with Gasteiger partial charge in [0.1, 0.15) is 0 Å². The lowest BCUT2D eigenvalue weighted by atomic mass is 10.0. The molecule has 2 rings (SSSR count). The number of tetrazole rings is 1. The summed E-state index contributed by atoms with van der Waals surface area (Å²) in [6.07, 6.45) is 7.44. The molecule has 0 saturated heterocycles. The third-order valence-corrected chi connectivity index (χ3v) is 5.57. The highest BCUT2D eigenvalue weighted by Crippen LogP contribution is 2.31. The SMILES string of the molecule is CCCNC(CSc1nnnn1C1CCCC1)C(C)CC. The highest BCUT2D eigenvalue weighted by molar-refractivity contribution is 7.99. The molecular weight excluding hydrogens is 282 g/mol. The Morgan fingerprint density at radius 3 is 2.76 bits per heavy atom. The number of nitrogens with zero attached hydrogens (tertiary/aromatic N) is 4. The van der Waals surface area contributed by atoms with Crippen LogP contribution in [-0.4, -0.2) is 38.5 Å². The summed E-state index contributed by atoms with van der Waals surface area (Å²) in [5.74, 6) is 1.72. The number of rotatable bonds is 9. The van der Waals surface area contributed by atoms with Gasteiger partial charge in [-0.2, -0.15) is 0 Å². The van der Waals surface area contributed by atoms with Crippen LogP contribution in [0, 0.1) is 5.92 Å². The van der Waals surface area contributed by atoms with Gasteiger partial charge in [-0.3, -0.25) is 0 Å². The molecule has 120 valence electrons. The lowest BCUT2D eigenvalue weighted by Crippen LogP contribution is -2.37. The maximum atomic E-state index is 4.24. The van der Waals surface area contributed by atoms with Crippen molar-refractivity contribution in [1.29, 1.82) is 0 Å². The molecular formula is C15H29N5S. The van der Waals surface area contributed by atoms with Crippen molar-refractivity contribution in [2.45, 2.75) is 76.5 Å². The number of nitrogens with one attached hydrogen (secondary N) is 1. The summed E-state index contributed by atoms with van der Waals surface area (Å²) in [6.45, 7) is 7.89. The summed E-state index contributed by atoms with van der Waals surface area (Å²) in [5, 5.41) is 17.0. The van der Waals surface area contributed by atoms with Gasteiger partial charge in [-0.25, -0.2) is 4.68 Å². The predicted molar refractivity (Wildman–Crippen MR) is 87.6 cm³/mol. The molecule has 1 aliphatic carbocycles. The summed E-state index contributed by atoms with van der Waals surface area (Å²) >= 11 is 1.81. The molecule has 0 aliphatic heterocycles. The highest BCUT2D eigenvalue weighted by atomic mass is 32.2. The molecule has 5 nitrogen and oxygen atoms in total. The summed E-state index contributed by atoms with van der Waals surface area (Å²) in [6, 6.07) is 1.06. The van der Waals surface area contributed by atoms with Gasteiger partial charge in [-0.15, -0.1) is 5.10 Å². The molecule has 1 aromatic heterocycles. The Kier molecular flexibility index (Phi) is 6.96. The van der Waals surface area contributed by atoms with E-state index in [1.807, 2.05) is 11.8 Å². The summed E-state index contributed by atoms with van der Waals surface area (Å²) in [7, 11) is 0. The second-order valence-corrected chi connectivity index (χ2v) is 7.09. The Morgan fingerprint density at radius 1 is 1.33 bits per heavy atom. The molecule has 0 bridgehead atoms. The first kappa shape index (κ1) is 16.7. The van der Waals surface area contributed by atoms with E-state index in [0.717, 1.165) is 17.5 Å². The normalized spacial score (nSPS) is 19.0. The molecule has 0 aromatic carbocycles. The largest absolute Gasteiger partial charge is 0.313 e. The van der Waals surface area contributed by atoms with Crippen LogP contribution < -0.4 is 5.32 Å². The molecule has 0 spiro atoms. The Bertz CT molecular complexity index is 403. The van der Waals surface area contributed by atoms with Crippen LogP contribution >= 0.6 is 11.8 Å². The minimum Gasteiger partial charge on any atom is -0.313 e. The smallest absolute Gasteiger partial charge is 0.209 e. The molecule has 1 N–H and O–H groups in total. The van der Waals surface area contributed by atoms with Crippen LogP contribution in [0.5, 0.6) is 0 Å². The zero-order chi connectivity index (χ0) is 15.1. The molecule has 1 saturated carbocycles. The van der Waals surface area contributed by atoms with Gasteiger partial charge in [0.2, 0.25) is 5.16 Å². The van der Waals surface area contributed by atoms with E-state index in [4.69, 9.17) is 0 Å². The van der Waals surface area contributed by atoms with E-state index in [-0.39, 0.29) is 0 Å². The monoisotopic (exact) mass is 311 g/mol. The molecule has 2 unspecified atom stereocenters. The second kappa shape index (κ2) is 8.73. The molecule has 0 amide bonds. The number of hydrogen-bond donors (Lipinski definition) is 1. The molecule has 1 heterocycles. The first-order chi connectivity index (χ1) is 10.3. The third kappa shape index (κ3) is 4.68. The Balaban J connectivity index is 1.92. The fraction of sp³-hybridized carbons (Fsp3) is 0.933. The van der Waals surface area contributed by atoms with Crippen molar-refractivity contribution in [1.82, 2.24) is 25.5 Å². The van der Waals surface area contributed by atoms with Gasteiger partial charge in [0, 0.05) is 11.8 Å². The lowest BCUT2D eigenvalue weighted by molar-refractivity contribution is 0.395. The van der Waals surface area contributed by atoms with Crippen LogP contribution in [0.2, 0.25) is 0 Å². The summed E-state index contributed by atoms with van der Waals surface area (Å²) < 4.78 is 2.06. The van der Waals surface area contributed by atoms with Crippen LogP contribution in [0.4, 0.5) is 0 Å². The van der Waals surface area contributed by atoms with E-state index in [9.17, 15) is 0 Å².